The molecule has 1 unspecified atom stereocenters. The van der Waals surface area contributed by atoms with E-state index in [1.807, 2.05) is 0 Å². The van der Waals surface area contributed by atoms with Crippen molar-refractivity contribution in [3.05, 3.63) is 34.9 Å². The highest BCUT2D eigenvalue weighted by Crippen LogP contribution is 2.39. The Kier molecular flexibility index (Phi) is 5.92. The number of ether oxygens (including phenoxy) is 1. The second-order valence-electron chi connectivity index (χ2n) is 5.85. The van der Waals surface area contributed by atoms with Gasteiger partial charge in [-0.05, 0) is 42.4 Å². The highest BCUT2D eigenvalue weighted by Gasteiger charge is 2.37. The molecule has 0 aromatic heterocycles. The van der Waals surface area contributed by atoms with E-state index in [1.165, 1.54) is 0 Å². The molecule has 2 rings (SSSR count). The summed E-state index contributed by atoms with van der Waals surface area (Å²) in [5, 5.41) is 9.68. The number of carboxylic acids is 1. The highest BCUT2D eigenvalue weighted by molar-refractivity contribution is 6.30. The van der Waals surface area contributed by atoms with Crippen LogP contribution in [-0.2, 0) is 9.53 Å². The quantitative estimate of drug-likeness (QED) is 0.841. The fourth-order valence-electron chi connectivity index (χ4n) is 3.13. The largest absolute Gasteiger partial charge is 0.481 e. The molecule has 1 fully saturated rings. The Bertz CT molecular complexity index is 530. The summed E-state index contributed by atoms with van der Waals surface area (Å²) in [5.74, 6) is -1.47. The van der Waals surface area contributed by atoms with E-state index in [2.05, 4.69) is 0 Å². The molecule has 0 saturated carbocycles. The maximum absolute atomic E-state index is 12.6. The molecular formula is C16H18ClF3O3. The number of hydrogen-bond donors (Lipinski definition) is 1. The van der Waals surface area contributed by atoms with Gasteiger partial charge in [-0.2, -0.15) is 13.2 Å². The fraction of sp³-hybridized carbons (Fsp3) is 0.562. The van der Waals surface area contributed by atoms with Gasteiger partial charge in [0, 0.05) is 11.6 Å². The molecule has 0 radical (unpaired) electrons. The first-order valence-electron chi connectivity index (χ1n) is 7.40. The Morgan fingerprint density at radius 1 is 1.35 bits per heavy atom. The SMILES string of the molecule is O=C(O)CC(c1ccc(Cl)cc1)[C@H]1CCO[C@@H](CC(F)(F)F)C1. The van der Waals surface area contributed by atoms with Crippen molar-refractivity contribution in [1.29, 1.82) is 0 Å². The van der Waals surface area contributed by atoms with Crippen LogP contribution >= 0.6 is 11.6 Å². The van der Waals surface area contributed by atoms with Gasteiger partial charge >= 0.3 is 12.1 Å². The number of alkyl halides is 3. The summed E-state index contributed by atoms with van der Waals surface area (Å²) < 4.78 is 42.9. The number of carboxylic acid groups (broad SMARTS) is 1. The van der Waals surface area contributed by atoms with Crippen molar-refractivity contribution in [2.45, 2.75) is 43.9 Å². The molecule has 7 heteroatoms. The molecule has 0 amide bonds. The van der Waals surface area contributed by atoms with Crippen molar-refractivity contribution in [2.24, 2.45) is 5.92 Å². The van der Waals surface area contributed by atoms with Gasteiger partial charge in [0.25, 0.3) is 0 Å². The lowest BCUT2D eigenvalue weighted by Crippen LogP contribution is -2.33. The van der Waals surface area contributed by atoms with E-state index in [4.69, 9.17) is 21.4 Å². The van der Waals surface area contributed by atoms with E-state index >= 15 is 0 Å². The van der Waals surface area contributed by atoms with Crippen LogP contribution in [-0.4, -0.2) is 30.0 Å². The van der Waals surface area contributed by atoms with Crippen LogP contribution in [0.1, 0.15) is 37.2 Å². The molecule has 1 aromatic carbocycles. The number of hydrogen-bond acceptors (Lipinski definition) is 2. The van der Waals surface area contributed by atoms with Crippen LogP contribution < -0.4 is 0 Å². The van der Waals surface area contributed by atoms with E-state index in [1.54, 1.807) is 24.3 Å². The zero-order valence-electron chi connectivity index (χ0n) is 12.4. The zero-order valence-corrected chi connectivity index (χ0v) is 13.1. The minimum atomic E-state index is -4.28. The number of benzene rings is 1. The number of halogens is 4. The number of rotatable bonds is 5. The van der Waals surface area contributed by atoms with Gasteiger partial charge in [0.2, 0.25) is 0 Å². The van der Waals surface area contributed by atoms with Crippen LogP contribution in [0.25, 0.3) is 0 Å². The Morgan fingerprint density at radius 3 is 2.57 bits per heavy atom. The maximum Gasteiger partial charge on any atom is 0.391 e. The van der Waals surface area contributed by atoms with E-state index in [9.17, 15) is 18.0 Å². The number of carbonyl (C=O) groups is 1. The van der Waals surface area contributed by atoms with Crippen LogP contribution in [0.2, 0.25) is 5.02 Å². The summed E-state index contributed by atoms with van der Waals surface area (Å²) in [6.45, 7) is 0.217. The zero-order chi connectivity index (χ0) is 17.0. The molecule has 23 heavy (non-hydrogen) atoms. The third kappa shape index (κ3) is 5.70. The molecular weight excluding hydrogens is 333 g/mol. The van der Waals surface area contributed by atoms with Crippen LogP contribution in [0, 0.1) is 5.92 Å². The summed E-state index contributed by atoms with van der Waals surface area (Å²) in [6, 6.07) is 6.81. The van der Waals surface area contributed by atoms with Crippen molar-refractivity contribution in [3.8, 4) is 0 Å². The fourth-order valence-corrected chi connectivity index (χ4v) is 3.26. The smallest absolute Gasteiger partial charge is 0.391 e. The van der Waals surface area contributed by atoms with Gasteiger partial charge in [-0.1, -0.05) is 23.7 Å². The van der Waals surface area contributed by atoms with Crippen LogP contribution in [0.15, 0.2) is 24.3 Å². The molecule has 1 N–H and O–H groups in total. The Labute approximate surface area is 137 Å². The van der Waals surface area contributed by atoms with Gasteiger partial charge in [0.05, 0.1) is 18.9 Å². The average Bonchev–Trinajstić information content (AvgIpc) is 2.44. The first kappa shape index (κ1) is 18.1. The van der Waals surface area contributed by atoms with Gasteiger partial charge < -0.3 is 9.84 Å². The molecule has 128 valence electrons. The lowest BCUT2D eigenvalue weighted by molar-refractivity contribution is -0.170. The van der Waals surface area contributed by atoms with Crippen LogP contribution in [0.4, 0.5) is 13.2 Å². The number of aliphatic carboxylic acids is 1. The monoisotopic (exact) mass is 350 g/mol. The minimum absolute atomic E-state index is 0.120. The van der Waals surface area contributed by atoms with E-state index < -0.39 is 24.7 Å². The summed E-state index contributed by atoms with van der Waals surface area (Å²) in [7, 11) is 0. The van der Waals surface area contributed by atoms with Crippen molar-refractivity contribution in [2.75, 3.05) is 6.61 Å². The summed E-state index contributed by atoms with van der Waals surface area (Å²) >= 11 is 5.84. The Morgan fingerprint density at radius 2 is 2.00 bits per heavy atom. The second-order valence-corrected chi connectivity index (χ2v) is 6.29. The second kappa shape index (κ2) is 7.53. The topological polar surface area (TPSA) is 46.5 Å². The van der Waals surface area contributed by atoms with Gasteiger partial charge in [-0.15, -0.1) is 0 Å². The normalized spacial score (nSPS) is 23.5. The van der Waals surface area contributed by atoms with Crippen molar-refractivity contribution in [3.63, 3.8) is 0 Å². The molecule has 3 nitrogen and oxygen atoms in total. The molecule has 0 spiro atoms. The maximum atomic E-state index is 12.6. The first-order chi connectivity index (χ1) is 10.7. The Balaban J connectivity index is 2.14. The molecule has 1 aliphatic heterocycles. The molecule has 1 heterocycles. The average molecular weight is 351 g/mol. The molecule has 3 atom stereocenters. The third-order valence-corrected chi connectivity index (χ3v) is 4.38. The van der Waals surface area contributed by atoms with Crippen LogP contribution in [0.5, 0.6) is 0 Å². The predicted octanol–water partition coefficient (Wildman–Crippen LogP) is 4.65. The highest BCUT2D eigenvalue weighted by atomic mass is 35.5. The third-order valence-electron chi connectivity index (χ3n) is 4.13. The lowest BCUT2D eigenvalue weighted by Gasteiger charge is -2.35. The van der Waals surface area contributed by atoms with E-state index in [0.29, 0.717) is 11.4 Å². The molecule has 1 aromatic rings. The molecule has 1 aliphatic rings. The van der Waals surface area contributed by atoms with E-state index in [0.717, 1.165) is 5.56 Å². The molecule has 0 aliphatic carbocycles. The summed E-state index contributed by atoms with van der Waals surface area (Å²) in [5.41, 5.74) is 0.787. The van der Waals surface area contributed by atoms with Crippen molar-refractivity contribution >= 4 is 17.6 Å². The van der Waals surface area contributed by atoms with E-state index in [-0.39, 0.29) is 31.3 Å². The van der Waals surface area contributed by atoms with Gasteiger partial charge in [0.15, 0.2) is 0 Å². The Hall–Kier alpha value is -1.27. The van der Waals surface area contributed by atoms with Crippen LogP contribution in [0.3, 0.4) is 0 Å². The standard InChI is InChI=1S/C16H18ClF3O3/c17-12-3-1-10(2-4-12)14(8-15(21)22)11-5-6-23-13(7-11)9-16(18,19)20/h1-4,11,13-14H,5-9H2,(H,21,22)/t11-,13+,14?/m0/s1. The summed E-state index contributed by atoms with van der Waals surface area (Å²) in [6.07, 6.45) is -5.55. The molecule has 0 bridgehead atoms. The van der Waals surface area contributed by atoms with Crippen molar-refractivity contribution < 1.29 is 27.8 Å². The molecule has 1 saturated heterocycles. The summed E-state index contributed by atoms with van der Waals surface area (Å²) in [4.78, 5) is 11.2. The van der Waals surface area contributed by atoms with Gasteiger partial charge in [-0.3, -0.25) is 4.79 Å². The minimum Gasteiger partial charge on any atom is -0.481 e. The van der Waals surface area contributed by atoms with Gasteiger partial charge in [0.1, 0.15) is 0 Å². The predicted molar refractivity (Wildman–Crippen MR) is 79.6 cm³/mol. The van der Waals surface area contributed by atoms with Crippen molar-refractivity contribution in [1.82, 2.24) is 0 Å². The van der Waals surface area contributed by atoms with Gasteiger partial charge in [-0.25, -0.2) is 0 Å². The lowest BCUT2D eigenvalue weighted by atomic mass is 9.77. The first-order valence-corrected chi connectivity index (χ1v) is 7.78.